The predicted octanol–water partition coefficient (Wildman–Crippen LogP) is 1.94. The van der Waals surface area contributed by atoms with Crippen LogP contribution in [-0.2, 0) is 9.53 Å². The first kappa shape index (κ1) is 17.3. The van der Waals surface area contributed by atoms with Crippen molar-refractivity contribution < 1.29 is 24.2 Å². The van der Waals surface area contributed by atoms with Gasteiger partial charge in [0.25, 0.3) is 5.91 Å². The minimum absolute atomic E-state index is 0.0480. The SMILES string of the molecule is CC(C)NC(=O)NC(=O)COC(=O)c1ccc2ccccc2c1O. The van der Waals surface area contributed by atoms with Crippen LogP contribution in [0.15, 0.2) is 36.4 Å². The summed E-state index contributed by atoms with van der Waals surface area (Å²) in [7, 11) is 0. The van der Waals surface area contributed by atoms with E-state index in [-0.39, 0.29) is 17.4 Å². The summed E-state index contributed by atoms with van der Waals surface area (Å²) in [4.78, 5) is 34.9. The van der Waals surface area contributed by atoms with Gasteiger partial charge in [0.2, 0.25) is 0 Å². The number of phenols is 1. The zero-order valence-corrected chi connectivity index (χ0v) is 13.3. The molecule has 0 aliphatic rings. The van der Waals surface area contributed by atoms with Crippen molar-refractivity contribution in [1.29, 1.82) is 0 Å². The smallest absolute Gasteiger partial charge is 0.342 e. The average Bonchev–Trinajstić information content (AvgIpc) is 2.52. The average molecular weight is 330 g/mol. The van der Waals surface area contributed by atoms with Crippen molar-refractivity contribution in [3.8, 4) is 5.75 Å². The Morgan fingerprint density at radius 1 is 1.12 bits per heavy atom. The molecule has 0 atom stereocenters. The second-order valence-corrected chi connectivity index (χ2v) is 5.44. The fraction of sp³-hybridized carbons (Fsp3) is 0.235. The lowest BCUT2D eigenvalue weighted by Gasteiger charge is -2.10. The molecule has 3 amide bonds. The Balaban J connectivity index is 1.99. The highest BCUT2D eigenvalue weighted by atomic mass is 16.5. The van der Waals surface area contributed by atoms with Gasteiger partial charge in [-0.05, 0) is 25.3 Å². The molecule has 0 radical (unpaired) electrons. The molecule has 0 fully saturated rings. The van der Waals surface area contributed by atoms with E-state index in [1.807, 2.05) is 11.4 Å². The fourth-order valence-electron chi connectivity index (χ4n) is 2.09. The van der Waals surface area contributed by atoms with E-state index in [1.165, 1.54) is 6.07 Å². The number of amides is 3. The third kappa shape index (κ3) is 4.22. The highest BCUT2D eigenvalue weighted by Gasteiger charge is 2.17. The molecule has 3 N–H and O–H groups in total. The molecule has 0 spiro atoms. The molecule has 0 saturated carbocycles. The summed E-state index contributed by atoms with van der Waals surface area (Å²) < 4.78 is 4.83. The van der Waals surface area contributed by atoms with Crippen molar-refractivity contribution in [3.63, 3.8) is 0 Å². The second kappa shape index (κ2) is 7.45. The van der Waals surface area contributed by atoms with Gasteiger partial charge in [-0.25, -0.2) is 9.59 Å². The van der Waals surface area contributed by atoms with Gasteiger partial charge in [-0.1, -0.05) is 30.3 Å². The molecule has 2 aromatic carbocycles. The van der Waals surface area contributed by atoms with Gasteiger partial charge in [-0.2, -0.15) is 0 Å². The van der Waals surface area contributed by atoms with Gasteiger partial charge in [-0.3, -0.25) is 10.1 Å². The van der Waals surface area contributed by atoms with Crippen LogP contribution in [0, 0.1) is 0 Å². The van der Waals surface area contributed by atoms with Crippen LogP contribution in [0.4, 0.5) is 4.79 Å². The summed E-state index contributed by atoms with van der Waals surface area (Å²) in [5, 5.41) is 15.9. The van der Waals surface area contributed by atoms with E-state index in [2.05, 4.69) is 5.32 Å². The van der Waals surface area contributed by atoms with Gasteiger partial charge in [0.15, 0.2) is 6.61 Å². The van der Waals surface area contributed by atoms with E-state index in [4.69, 9.17) is 4.74 Å². The number of carbonyl (C=O) groups is 3. The summed E-state index contributed by atoms with van der Waals surface area (Å²) in [6.45, 7) is 2.86. The summed E-state index contributed by atoms with van der Waals surface area (Å²) in [6.07, 6.45) is 0. The van der Waals surface area contributed by atoms with Crippen molar-refractivity contribution in [2.45, 2.75) is 19.9 Å². The molecule has 0 unspecified atom stereocenters. The van der Waals surface area contributed by atoms with Gasteiger partial charge in [0.05, 0.1) is 0 Å². The van der Waals surface area contributed by atoms with Crippen molar-refractivity contribution in [1.82, 2.24) is 10.6 Å². The lowest BCUT2D eigenvalue weighted by molar-refractivity contribution is -0.123. The molecular weight excluding hydrogens is 312 g/mol. The molecule has 2 rings (SSSR count). The number of urea groups is 1. The number of ether oxygens (including phenoxy) is 1. The molecule has 0 bridgehead atoms. The molecule has 0 aromatic heterocycles. The standard InChI is InChI=1S/C17H18N2O5/c1-10(2)18-17(23)19-14(20)9-24-16(22)13-8-7-11-5-3-4-6-12(11)15(13)21/h3-8,10,21H,9H2,1-2H3,(H2,18,19,20,23). The Kier molecular flexibility index (Phi) is 5.36. The molecule has 0 saturated heterocycles. The van der Waals surface area contributed by atoms with Crippen LogP contribution in [0.25, 0.3) is 10.8 Å². The number of benzene rings is 2. The number of aromatic hydroxyl groups is 1. The summed E-state index contributed by atoms with van der Waals surface area (Å²) >= 11 is 0. The Morgan fingerprint density at radius 2 is 1.83 bits per heavy atom. The topological polar surface area (TPSA) is 105 Å². The fourth-order valence-corrected chi connectivity index (χ4v) is 2.09. The number of rotatable bonds is 4. The molecule has 7 nitrogen and oxygen atoms in total. The van der Waals surface area contributed by atoms with Gasteiger partial charge in [0, 0.05) is 11.4 Å². The normalized spacial score (nSPS) is 10.5. The van der Waals surface area contributed by atoms with E-state index in [0.29, 0.717) is 5.39 Å². The third-order valence-electron chi connectivity index (χ3n) is 3.13. The number of nitrogens with one attached hydrogen (secondary N) is 2. The summed E-state index contributed by atoms with van der Waals surface area (Å²) in [5.41, 5.74) is -0.0480. The van der Waals surface area contributed by atoms with Gasteiger partial charge >= 0.3 is 12.0 Å². The number of esters is 1. The molecule has 2 aromatic rings. The third-order valence-corrected chi connectivity index (χ3v) is 3.13. The highest BCUT2D eigenvalue weighted by Crippen LogP contribution is 2.28. The maximum absolute atomic E-state index is 12.0. The molecule has 24 heavy (non-hydrogen) atoms. The van der Waals surface area contributed by atoms with E-state index in [9.17, 15) is 19.5 Å². The summed E-state index contributed by atoms with van der Waals surface area (Å²) in [6, 6.07) is 9.31. The van der Waals surface area contributed by atoms with E-state index in [0.717, 1.165) is 5.39 Å². The second-order valence-electron chi connectivity index (χ2n) is 5.44. The zero-order chi connectivity index (χ0) is 17.7. The zero-order valence-electron chi connectivity index (χ0n) is 13.3. The van der Waals surface area contributed by atoms with Crippen LogP contribution in [0.1, 0.15) is 24.2 Å². The number of carbonyl (C=O) groups excluding carboxylic acids is 3. The van der Waals surface area contributed by atoms with Crippen molar-refractivity contribution in [3.05, 3.63) is 42.0 Å². The van der Waals surface area contributed by atoms with Gasteiger partial charge in [0.1, 0.15) is 11.3 Å². The Labute approximate surface area is 138 Å². The number of imide groups is 1. The lowest BCUT2D eigenvalue weighted by Crippen LogP contribution is -2.44. The maximum Gasteiger partial charge on any atom is 0.342 e. The molecule has 0 aliphatic carbocycles. The Hall–Kier alpha value is -3.09. The van der Waals surface area contributed by atoms with Gasteiger partial charge in [-0.15, -0.1) is 0 Å². The molecular formula is C17H18N2O5. The maximum atomic E-state index is 12.0. The number of phenolic OH excluding ortho intramolecular Hbond substituents is 1. The first-order chi connectivity index (χ1) is 11.4. The Bertz CT molecular complexity index is 786. The summed E-state index contributed by atoms with van der Waals surface area (Å²) in [5.74, 6) is -1.82. The van der Waals surface area contributed by atoms with Crippen LogP contribution < -0.4 is 10.6 Å². The number of hydrogen-bond donors (Lipinski definition) is 3. The molecule has 0 heterocycles. The van der Waals surface area contributed by atoms with Crippen LogP contribution in [0.2, 0.25) is 0 Å². The number of hydrogen-bond acceptors (Lipinski definition) is 5. The quantitative estimate of drug-likeness (QED) is 0.743. The molecule has 126 valence electrons. The van der Waals surface area contributed by atoms with Crippen LogP contribution in [-0.4, -0.2) is 35.7 Å². The van der Waals surface area contributed by atoms with Crippen molar-refractivity contribution in [2.75, 3.05) is 6.61 Å². The van der Waals surface area contributed by atoms with E-state index >= 15 is 0 Å². The van der Waals surface area contributed by atoms with E-state index < -0.39 is 24.5 Å². The van der Waals surface area contributed by atoms with Crippen LogP contribution in [0.5, 0.6) is 5.75 Å². The van der Waals surface area contributed by atoms with Crippen molar-refractivity contribution in [2.24, 2.45) is 0 Å². The van der Waals surface area contributed by atoms with Crippen LogP contribution in [0.3, 0.4) is 0 Å². The lowest BCUT2D eigenvalue weighted by atomic mass is 10.1. The molecule has 7 heteroatoms. The van der Waals surface area contributed by atoms with Crippen molar-refractivity contribution >= 4 is 28.7 Å². The van der Waals surface area contributed by atoms with Gasteiger partial charge < -0.3 is 15.2 Å². The Morgan fingerprint density at radius 3 is 2.54 bits per heavy atom. The largest absolute Gasteiger partial charge is 0.506 e. The van der Waals surface area contributed by atoms with E-state index in [1.54, 1.807) is 38.1 Å². The predicted molar refractivity (Wildman–Crippen MR) is 87.7 cm³/mol. The minimum Gasteiger partial charge on any atom is -0.506 e. The number of fused-ring (bicyclic) bond motifs is 1. The van der Waals surface area contributed by atoms with Crippen LogP contribution >= 0.6 is 0 Å². The minimum atomic E-state index is -0.849. The highest BCUT2D eigenvalue weighted by molar-refractivity contribution is 6.02. The monoisotopic (exact) mass is 330 g/mol. The first-order valence-electron chi connectivity index (χ1n) is 7.36. The molecule has 0 aliphatic heterocycles. The first-order valence-corrected chi connectivity index (χ1v) is 7.36.